The quantitative estimate of drug-likeness (QED) is 0.718. The minimum absolute atomic E-state index is 0.212. The maximum Gasteiger partial charge on any atom is 0.194 e. The number of hydrogen-bond acceptors (Lipinski definition) is 3. The van der Waals surface area contributed by atoms with E-state index in [1.807, 2.05) is 33.8 Å². The SMILES string of the molecule is Cc1cc(SC(=O)CC(C)C)c(C)o1. The van der Waals surface area contributed by atoms with Crippen LogP contribution >= 0.6 is 11.8 Å². The molecule has 3 heteroatoms. The molecular formula is C11H16O2S. The van der Waals surface area contributed by atoms with E-state index in [4.69, 9.17) is 4.42 Å². The van der Waals surface area contributed by atoms with Gasteiger partial charge in [-0.3, -0.25) is 4.79 Å². The number of carbonyl (C=O) groups is 1. The number of rotatable bonds is 3. The fourth-order valence-electron chi connectivity index (χ4n) is 1.21. The van der Waals surface area contributed by atoms with Crippen LogP contribution in [-0.2, 0) is 4.79 Å². The first-order valence-electron chi connectivity index (χ1n) is 4.76. The molecular weight excluding hydrogens is 196 g/mol. The Bertz CT molecular complexity index is 326. The Morgan fingerprint density at radius 3 is 2.57 bits per heavy atom. The summed E-state index contributed by atoms with van der Waals surface area (Å²) in [6.45, 7) is 7.87. The van der Waals surface area contributed by atoms with Crippen LogP contribution in [0.4, 0.5) is 0 Å². The predicted molar refractivity (Wildman–Crippen MR) is 58.5 cm³/mol. The third-order valence-electron chi connectivity index (χ3n) is 1.79. The molecule has 1 rings (SSSR count). The van der Waals surface area contributed by atoms with Crippen LogP contribution in [0.5, 0.6) is 0 Å². The molecule has 0 saturated carbocycles. The Hall–Kier alpha value is -0.700. The lowest BCUT2D eigenvalue weighted by molar-refractivity contribution is -0.111. The standard InChI is InChI=1S/C11H16O2S/c1-7(2)5-11(12)14-10-6-8(3)13-9(10)4/h6-7H,5H2,1-4H3. The molecule has 0 bridgehead atoms. The zero-order valence-corrected chi connectivity index (χ0v) is 9.90. The molecule has 0 unspecified atom stereocenters. The van der Waals surface area contributed by atoms with E-state index in [0.717, 1.165) is 16.4 Å². The van der Waals surface area contributed by atoms with Crippen molar-refractivity contribution in [3.8, 4) is 0 Å². The summed E-state index contributed by atoms with van der Waals surface area (Å²) >= 11 is 1.29. The first kappa shape index (κ1) is 11.4. The number of furan rings is 1. The van der Waals surface area contributed by atoms with Crippen molar-refractivity contribution in [3.05, 3.63) is 17.6 Å². The molecule has 14 heavy (non-hydrogen) atoms. The molecule has 0 N–H and O–H groups in total. The topological polar surface area (TPSA) is 30.2 Å². The summed E-state index contributed by atoms with van der Waals surface area (Å²) in [5, 5.41) is 0.212. The fourth-order valence-corrected chi connectivity index (χ4v) is 2.28. The van der Waals surface area contributed by atoms with Gasteiger partial charge in [-0.1, -0.05) is 13.8 Å². The highest BCUT2D eigenvalue weighted by molar-refractivity contribution is 8.13. The van der Waals surface area contributed by atoms with Gasteiger partial charge in [0.25, 0.3) is 0 Å². The van der Waals surface area contributed by atoms with Crippen molar-refractivity contribution in [1.29, 1.82) is 0 Å². The lowest BCUT2D eigenvalue weighted by atomic mass is 10.2. The Labute approximate surface area is 89.1 Å². The Kier molecular flexibility index (Phi) is 3.81. The van der Waals surface area contributed by atoms with Crippen molar-refractivity contribution in [2.24, 2.45) is 5.92 Å². The van der Waals surface area contributed by atoms with E-state index in [2.05, 4.69) is 0 Å². The highest BCUT2D eigenvalue weighted by Gasteiger charge is 2.11. The molecule has 0 aliphatic rings. The van der Waals surface area contributed by atoms with Crippen LogP contribution in [-0.4, -0.2) is 5.12 Å². The van der Waals surface area contributed by atoms with E-state index in [1.54, 1.807) is 0 Å². The largest absolute Gasteiger partial charge is 0.465 e. The second kappa shape index (κ2) is 4.69. The normalized spacial score (nSPS) is 10.9. The third-order valence-corrected chi connectivity index (χ3v) is 2.81. The molecule has 0 spiro atoms. The van der Waals surface area contributed by atoms with Gasteiger partial charge >= 0.3 is 0 Å². The van der Waals surface area contributed by atoms with E-state index in [0.29, 0.717) is 12.3 Å². The van der Waals surface area contributed by atoms with Crippen LogP contribution in [0.15, 0.2) is 15.4 Å². The molecule has 0 aromatic carbocycles. The van der Waals surface area contributed by atoms with Crippen LogP contribution in [0.2, 0.25) is 0 Å². The lowest BCUT2D eigenvalue weighted by Crippen LogP contribution is -1.97. The van der Waals surface area contributed by atoms with Crippen molar-refractivity contribution in [2.45, 2.75) is 39.0 Å². The van der Waals surface area contributed by atoms with Crippen molar-refractivity contribution in [2.75, 3.05) is 0 Å². The van der Waals surface area contributed by atoms with Gasteiger partial charge in [0.15, 0.2) is 5.12 Å². The smallest absolute Gasteiger partial charge is 0.194 e. The summed E-state index contributed by atoms with van der Waals surface area (Å²) in [4.78, 5) is 12.5. The van der Waals surface area contributed by atoms with Gasteiger partial charge in [0.1, 0.15) is 11.5 Å². The van der Waals surface area contributed by atoms with Crippen LogP contribution in [0.1, 0.15) is 31.8 Å². The molecule has 1 aromatic rings. The summed E-state index contributed by atoms with van der Waals surface area (Å²) < 4.78 is 5.35. The molecule has 78 valence electrons. The van der Waals surface area contributed by atoms with Gasteiger partial charge in [0, 0.05) is 6.42 Å². The number of aryl methyl sites for hydroxylation is 2. The highest BCUT2D eigenvalue weighted by Crippen LogP contribution is 2.27. The first-order chi connectivity index (χ1) is 6.49. The van der Waals surface area contributed by atoms with Crippen molar-refractivity contribution < 1.29 is 9.21 Å². The average Bonchev–Trinajstić information content (AvgIpc) is 2.28. The second-order valence-electron chi connectivity index (χ2n) is 3.85. The highest BCUT2D eigenvalue weighted by atomic mass is 32.2. The molecule has 2 nitrogen and oxygen atoms in total. The fraction of sp³-hybridized carbons (Fsp3) is 0.545. The minimum atomic E-state index is 0.212. The Morgan fingerprint density at radius 2 is 2.14 bits per heavy atom. The number of hydrogen-bond donors (Lipinski definition) is 0. The van der Waals surface area contributed by atoms with Gasteiger partial charge in [-0.25, -0.2) is 0 Å². The molecule has 0 fully saturated rings. The van der Waals surface area contributed by atoms with Gasteiger partial charge in [0.05, 0.1) is 4.90 Å². The molecule has 1 aromatic heterocycles. The Balaban J connectivity index is 2.60. The average molecular weight is 212 g/mol. The van der Waals surface area contributed by atoms with E-state index in [1.165, 1.54) is 11.8 Å². The summed E-state index contributed by atoms with van der Waals surface area (Å²) in [7, 11) is 0. The molecule has 1 heterocycles. The van der Waals surface area contributed by atoms with Crippen LogP contribution in [0, 0.1) is 19.8 Å². The number of thioether (sulfide) groups is 1. The summed E-state index contributed by atoms with van der Waals surface area (Å²) in [6, 6.07) is 1.91. The van der Waals surface area contributed by atoms with E-state index >= 15 is 0 Å². The summed E-state index contributed by atoms with van der Waals surface area (Å²) in [5.41, 5.74) is 0. The van der Waals surface area contributed by atoms with Gasteiger partial charge in [-0.15, -0.1) is 0 Å². The minimum Gasteiger partial charge on any atom is -0.465 e. The van der Waals surface area contributed by atoms with Gasteiger partial charge in [-0.2, -0.15) is 0 Å². The third kappa shape index (κ3) is 3.22. The van der Waals surface area contributed by atoms with Gasteiger partial charge in [0.2, 0.25) is 0 Å². The van der Waals surface area contributed by atoms with Crippen molar-refractivity contribution in [1.82, 2.24) is 0 Å². The van der Waals surface area contributed by atoms with Gasteiger partial charge < -0.3 is 4.42 Å². The number of carbonyl (C=O) groups excluding carboxylic acids is 1. The lowest BCUT2D eigenvalue weighted by Gasteiger charge is -2.01. The van der Waals surface area contributed by atoms with E-state index in [9.17, 15) is 4.79 Å². The zero-order valence-electron chi connectivity index (χ0n) is 9.09. The Morgan fingerprint density at radius 1 is 1.50 bits per heavy atom. The molecule has 0 radical (unpaired) electrons. The van der Waals surface area contributed by atoms with Crippen LogP contribution < -0.4 is 0 Å². The van der Waals surface area contributed by atoms with Crippen LogP contribution in [0.3, 0.4) is 0 Å². The van der Waals surface area contributed by atoms with Crippen molar-refractivity contribution >= 4 is 16.9 Å². The van der Waals surface area contributed by atoms with E-state index in [-0.39, 0.29) is 5.12 Å². The summed E-state index contributed by atoms with van der Waals surface area (Å²) in [5.74, 6) is 2.12. The van der Waals surface area contributed by atoms with Crippen molar-refractivity contribution in [3.63, 3.8) is 0 Å². The zero-order chi connectivity index (χ0) is 10.7. The predicted octanol–water partition coefficient (Wildman–Crippen LogP) is 3.56. The molecule has 0 amide bonds. The monoisotopic (exact) mass is 212 g/mol. The second-order valence-corrected chi connectivity index (χ2v) is 4.95. The maximum absolute atomic E-state index is 11.5. The maximum atomic E-state index is 11.5. The molecule has 0 saturated heterocycles. The van der Waals surface area contributed by atoms with Crippen LogP contribution in [0.25, 0.3) is 0 Å². The molecule has 0 aliphatic heterocycles. The van der Waals surface area contributed by atoms with E-state index < -0.39 is 0 Å². The molecule has 0 atom stereocenters. The van der Waals surface area contributed by atoms with Gasteiger partial charge in [-0.05, 0) is 37.6 Å². The molecule has 0 aliphatic carbocycles. The first-order valence-corrected chi connectivity index (χ1v) is 5.58. The summed E-state index contributed by atoms with van der Waals surface area (Å²) in [6.07, 6.45) is 0.619.